The van der Waals surface area contributed by atoms with E-state index < -0.39 is 0 Å². The van der Waals surface area contributed by atoms with Crippen LogP contribution in [0.5, 0.6) is 0 Å². The second kappa shape index (κ2) is 8.25. The Balaban J connectivity index is 2.03. The Labute approximate surface area is 98.2 Å². The lowest BCUT2D eigenvalue weighted by atomic mass is 10.3. The lowest BCUT2D eigenvalue weighted by Crippen LogP contribution is -2.17. The summed E-state index contributed by atoms with van der Waals surface area (Å²) < 4.78 is 5.40. The Kier molecular flexibility index (Phi) is 6.77. The summed E-state index contributed by atoms with van der Waals surface area (Å²) in [5.41, 5.74) is 2.18. The molecule has 16 heavy (non-hydrogen) atoms. The average Bonchev–Trinajstić information content (AvgIpc) is 2.28. The van der Waals surface area contributed by atoms with Gasteiger partial charge in [-0.2, -0.15) is 0 Å². The fourth-order valence-corrected chi connectivity index (χ4v) is 1.46. The summed E-state index contributed by atoms with van der Waals surface area (Å²) in [5, 5.41) is 3.36. The number of aryl methyl sites for hydroxylation is 1. The van der Waals surface area contributed by atoms with Crippen LogP contribution in [0.15, 0.2) is 18.2 Å². The van der Waals surface area contributed by atoms with Crippen LogP contribution in [0.1, 0.15) is 31.2 Å². The van der Waals surface area contributed by atoms with Crippen molar-refractivity contribution in [3.8, 4) is 0 Å². The van der Waals surface area contributed by atoms with Crippen molar-refractivity contribution in [2.24, 2.45) is 0 Å². The van der Waals surface area contributed by atoms with Gasteiger partial charge < -0.3 is 10.1 Å². The zero-order chi connectivity index (χ0) is 11.6. The van der Waals surface area contributed by atoms with Crippen LogP contribution in [0, 0.1) is 6.92 Å². The van der Waals surface area contributed by atoms with Gasteiger partial charge in [0, 0.05) is 25.5 Å². The molecule has 1 aromatic rings. The van der Waals surface area contributed by atoms with Crippen LogP contribution < -0.4 is 5.32 Å². The standard InChI is InChI=1S/C13H22N2O/c1-3-9-16-10-5-8-14-11-13-7-4-6-12(2)15-13/h4,6-7,14H,3,5,8-11H2,1-2H3. The third kappa shape index (κ3) is 5.83. The van der Waals surface area contributed by atoms with E-state index in [9.17, 15) is 0 Å². The fourth-order valence-electron chi connectivity index (χ4n) is 1.46. The zero-order valence-electron chi connectivity index (χ0n) is 10.3. The van der Waals surface area contributed by atoms with E-state index in [1.54, 1.807) is 0 Å². The van der Waals surface area contributed by atoms with Crippen molar-refractivity contribution < 1.29 is 4.74 Å². The highest BCUT2D eigenvalue weighted by Gasteiger charge is 1.94. The number of ether oxygens (including phenoxy) is 1. The molecule has 3 nitrogen and oxygen atoms in total. The number of hydrogen-bond donors (Lipinski definition) is 1. The van der Waals surface area contributed by atoms with E-state index in [0.29, 0.717) is 0 Å². The van der Waals surface area contributed by atoms with Gasteiger partial charge in [0.2, 0.25) is 0 Å². The van der Waals surface area contributed by atoms with Crippen LogP contribution in [0.2, 0.25) is 0 Å². The van der Waals surface area contributed by atoms with Gasteiger partial charge >= 0.3 is 0 Å². The predicted molar refractivity (Wildman–Crippen MR) is 66.4 cm³/mol. The van der Waals surface area contributed by atoms with E-state index in [4.69, 9.17) is 4.74 Å². The second-order valence-corrected chi connectivity index (χ2v) is 3.91. The minimum absolute atomic E-state index is 0.843. The molecule has 0 fully saturated rings. The van der Waals surface area contributed by atoms with Crippen molar-refractivity contribution in [1.29, 1.82) is 0 Å². The van der Waals surface area contributed by atoms with Crippen molar-refractivity contribution in [3.63, 3.8) is 0 Å². The third-order valence-corrected chi connectivity index (χ3v) is 2.24. The number of pyridine rings is 1. The molecule has 90 valence electrons. The number of nitrogens with one attached hydrogen (secondary N) is 1. The first-order valence-electron chi connectivity index (χ1n) is 6.04. The van der Waals surface area contributed by atoms with Crippen LogP contribution in [0.3, 0.4) is 0 Å². The molecule has 0 aliphatic rings. The molecule has 0 radical (unpaired) electrons. The predicted octanol–water partition coefficient (Wildman–Crippen LogP) is 2.30. The van der Waals surface area contributed by atoms with Gasteiger partial charge in [-0.1, -0.05) is 13.0 Å². The molecular formula is C13H22N2O. The summed E-state index contributed by atoms with van der Waals surface area (Å²) in [5.74, 6) is 0. The molecule has 0 aliphatic carbocycles. The normalized spacial score (nSPS) is 10.6. The Morgan fingerprint density at radius 3 is 2.94 bits per heavy atom. The monoisotopic (exact) mass is 222 g/mol. The lowest BCUT2D eigenvalue weighted by Gasteiger charge is -2.05. The van der Waals surface area contributed by atoms with E-state index in [1.807, 2.05) is 25.1 Å². The Hall–Kier alpha value is -0.930. The molecule has 1 aromatic heterocycles. The Morgan fingerprint density at radius 1 is 1.31 bits per heavy atom. The van der Waals surface area contributed by atoms with Crippen molar-refractivity contribution in [2.45, 2.75) is 33.2 Å². The first-order chi connectivity index (χ1) is 7.83. The van der Waals surface area contributed by atoms with E-state index >= 15 is 0 Å². The number of rotatable bonds is 8. The lowest BCUT2D eigenvalue weighted by molar-refractivity contribution is 0.132. The Bertz CT molecular complexity index is 289. The summed E-state index contributed by atoms with van der Waals surface area (Å²) in [6, 6.07) is 6.11. The van der Waals surface area contributed by atoms with Gasteiger partial charge in [0.25, 0.3) is 0 Å². The number of nitrogens with zero attached hydrogens (tertiary/aromatic N) is 1. The molecule has 1 N–H and O–H groups in total. The van der Waals surface area contributed by atoms with Crippen molar-refractivity contribution >= 4 is 0 Å². The van der Waals surface area contributed by atoms with Crippen molar-refractivity contribution in [1.82, 2.24) is 10.3 Å². The van der Waals surface area contributed by atoms with E-state index in [1.165, 1.54) is 0 Å². The van der Waals surface area contributed by atoms with Gasteiger partial charge in [0.05, 0.1) is 5.69 Å². The maximum atomic E-state index is 5.40. The molecule has 0 spiro atoms. The summed E-state index contributed by atoms with van der Waals surface area (Å²) >= 11 is 0. The number of hydrogen-bond acceptors (Lipinski definition) is 3. The minimum Gasteiger partial charge on any atom is -0.381 e. The summed E-state index contributed by atoms with van der Waals surface area (Å²) in [4.78, 5) is 4.43. The molecule has 3 heteroatoms. The molecule has 0 saturated heterocycles. The highest BCUT2D eigenvalue weighted by atomic mass is 16.5. The molecule has 1 heterocycles. The summed E-state index contributed by atoms with van der Waals surface area (Å²) in [6.07, 6.45) is 2.16. The first kappa shape index (κ1) is 13.1. The molecule has 0 unspecified atom stereocenters. The first-order valence-corrected chi connectivity index (χ1v) is 6.04. The van der Waals surface area contributed by atoms with Gasteiger partial charge in [0.1, 0.15) is 0 Å². The maximum Gasteiger partial charge on any atom is 0.0544 e. The largest absolute Gasteiger partial charge is 0.381 e. The third-order valence-electron chi connectivity index (χ3n) is 2.24. The quantitative estimate of drug-likeness (QED) is 0.685. The summed E-state index contributed by atoms with van der Waals surface area (Å²) in [7, 11) is 0. The molecule has 0 saturated carbocycles. The second-order valence-electron chi connectivity index (χ2n) is 3.91. The smallest absolute Gasteiger partial charge is 0.0544 e. The van der Waals surface area contributed by atoms with Gasteiger partial charge in [-0.3, -0.25) is 4.98 Å². The zero-order valence-corrected chi connectivity index (χ0v) is 10.3. The summed E-state index contributed by atoms with van der Waals surface area (Å²) in [6.45, 7) is 7.69. The highest BCUT2D eigenvalue weighted by Crippen LogP contribution is 1.97. The van der Waals surface area contributed by atoms with Gasteiger partial charge in [0.15, 0.2) is 0 Å². The van der Waals surface area contributed by atoms with Crippen LogP contribution >= 0.6 is 0 Å². The minimum atomic E-state index is 0.843. The number of aromatic nitrogens is 1. The van der Waals surface area contributed by atoms with Crippen LogP contribution in [-0.4, -0.2) is 24.7 Å². The van der Waals surface area contributed by atoms with E-state index in [0.717, 1.165) is 50.5 Å². The topological polar surface area (TPSA) is 34.1 Å². The molecule has 1 rings (SSSR count). The highest BCUT2D eigenvalue weighted by molar-refractivity contribution is 5.09. The van der Waals surface area contributed by atoms with Gasteiger partial charge in [-0.05, 0) is 38.4 Å². The van der Waals surface area contributed by atoms with Gasteiger partial charge in [-0.15, -0.1) is 0 Å². The molecular weight excluding hydrogens is 200 g/mol. The van der Waals surface area contributed by atoms with Crippen LogP contribution in [0.4, 0.5) is 0 Å². The fraction of sp³-hybridized carbons (Fsp3) is 0.615. The maximum absolute atomic E-state index is 5.40. The van der Waals surface area contributed by atoms with E-state index in [-0.39, 0.29) is 0 Å². The Morgan fingerprint density at radius 2 is 2.19 bits per heavy atom. The van der Waals surface area contributed by atoms with Crippen LogP contribution in [0.25, 0.3) is 0 Å². The van der Waals surface area contributed by atoms with Gasteiger partial charge in [-0.25, -0.2) is 0 Å². The average molecular weight is 222 g/mol. The van der Waals surface area contributed by atoms with Crippen molar-refractivity contribution in [2.75, 3.05) is 19.8 Å². The molecule has 0 aromatic carbocycles. The van der Waals surface area contributed by atoms with Crippen LogP contribution in [-0.2, 0) is 11.3 Å². The SMILES string of the molecule is CCCOCCCNCc1cccc(C)n1. The van der Waals surface area contributed by atoms with Crippen molar-refractivity contribution in [3.05, 3.63) is 29.6 Å². The molecule has 0 aliphatic heterocycles. The molecule has 0 bridgehead atoms. The molecule has 0 amide bonds. The molecule has 0 atom stereocenters. The van der Waals surface area contributed by atoms with E-state index in [2.05, 4.69) is 17.2 Å².